The number of hydrogen-bond donors (Lipinski definition) is 0. The first kappa shape index (κ1) is 79.7. The normalized spacial score (nSPS) is 0. The molecule has 0 rings (SSSR count). The van der Waals surface area contributed by atoms with Crippen LogP contribution < -0.4 is 0 Å². The summed E-state index contributed by atoms with van der Waals surface area (Å²) >= 11 is 0. The molecule has 0 aliphatic heterocycles. The van der Waals surface area contributed by atoms with Crippen molar-refractivity contribution in [2.24, 2.45) is 0 Å². The second-order valence-corrected chi connectivity index (χ2v) is 0. The zero-order chi connectivity index (χ0) is 0. The summed E-state index contributed by atoms with van der Waals surface area (Å²) in [5.41, 5.74) is 0. The van der Waals surface area contributed by atoms with Crippen molar-refractivity contribution in [3.8, 4) is 0 Å². The van der Waals surface area contributed by atoms with Gasteiger partial charge in [0.1, 0.15) is 0 Å². The van der Waals surface area contributed by atoms with E-state index >= 15 is 0 Å². The van der Waals surface area contributed by atoms with Crippen molar-refractivity contribution in [3.05, 3.63) is 0 Å². The van der Waals surface area contributed by atoms with E-state index in [0.29, 0.717) is 0 Å². The van der Waals surface area contributed by atoms with E-state index in [2.05, 4.69) is 0 Å². The Morgan fingerprint density at radius 3 is 0.600 bits per heavy atom. The molecule has 0 aromatic carbocycles. The molecular weight excluding hydrogens is 470 g/mol. The van der Waals surface area contributed by atoms with Gasteiger partial charge in [0.2, 0.25) is 0 Å². The van der Waals surface area contributed by atoms with Gasteiger partial charge >= 0.3 is 0 Å². The maximum absolute atomic E-state index is 0. The Morgan fingerprint density at radius 2 is 0.600 bits per heavy atom. The molecule has 34 valence electrons. The molecule has 0 atom stereocenters. The van der Waals surface area contributed by atoms with E-state index in [1.54, 1.807) is 0 Å². The van der Waals surface area contributed by atoms with Gasteiger partial charge in [-0.1, -0.05) is 0 Å². The van der Waals surface area contributed by atoms with Gasteiger partial charge in [0, 0.05) is 52.2 Å². The standard InChI is InChI=1S/3H2O.U.W/h3*1H2;;. The number of hydrogen-bond acceptors (Lipinski definition) is 0. The fourth-order valence-corrected chi connectivity index (χ4v) is 0. The molecule has 0 heterocycles. The fourth-order valence-electron chi connectivity index (χ4n) is 0. The summed E-state index contributed by atoms with van der Waals surface area (Å²) in [4.78, 5) is 0. The molecule has 0 saturated heterocycles. The van der Waals surface area contributed by atoms with E-state index < -0.39 is 0 Å². The topological polar surface area (TPSA) is 94.5 Å². The van der Waals surface area contributed by atoms with Crippen LogP contribution in [0.2, 0.25) is 0 Å². The molecule has 0 fully saturated rings. The second-order valence-electron chi connectivity index (χ2n) is 0. The molecular formula is H6O3UW. The average molecular weight is 476 g/mol. The van der Waals surface area contributed by atoms with Gasteiger partial charge in [0.15, 0.2) is 0 Å². The Labute approximate surface area is 68.1 Å². The van der Waals surface area contributed by atoms with Crippen LogP contribution in [0, 0.1) is 31.1 Å². The summed E-state index contributed by atoms with van der Waals surface area (Å²) in [7, 11) is 0. The van der Waals surface area contributed by atoms with Crippen LogP contribution in [0.4, 0.5) is 0 Å². The first-order valence-electron chi connectivity index (χ1n) is 0. The van der Waals surface area contributed by atoms with E-state index in [4.69, 9.17) is 0 Å². The second kappa shape index (κ2) is 45.7. The molecule has 0 aromatic heterocycles. The molecule has 0 radical (unpaired) electrons. The van der Waals surface area contributed by atoms with Crippen molar-refractivity contribution >= 4 is 0 Å². The van der Waals surface area contributed by atoms with Crippen LogP contribution in [0.5, 0.6) is 0 Å². The van der Waals surface area contributed by atoms with E-state index in [1.165, 1.54) is 0 Å². The Kier molecular flexibility index (Phi) is 728. The van der Waals surface area contributed by atoms with Crippen LogP contribution in [0.1, 0.15) is 0 Å². The van der Waals surface area contributed by atoms with Gasteiger partial charge in [0.25, 0.3) is 0 Å². The van der Waals surface area contributed by atoms with Crippen molar-refractivity contribution in [3.63, 3.8) is 0 Å². The summed E-state index contributed by atoms with van der Waals surface area (Å²) in [6.07, 6.45) is 0. The first-order chi connectivity index (χ1) is 0. The van der Waals surface area contributed by atoms with E-state index in [0.717, 1.165) is 0 Å². The quantitative estimate of drug-likeness (QED) is 0.371. The van der Waals surface area contributed by atoms with Gasteiger partial charge in [-0.3, -0.25) is 0 Å². The molecule has 0 saturated carbocycles. The van der Waals surface area contributed by atoms with Gasteiger partial charge in [-0.15, -0.1) is 0 Å². The van der Waals surface area contributed by atoms with Crippen molar-refractivity contribution in [2.75, 3.05) is 0 Å². The van der Waals surface area contributed by atoms with Crippen LogP contribution in [0.3, 0.4) is 0 Å². The Bertz CT molecular complexity index is 6.85. The SMILES string of the molecule is O.O.O.[U].[W]. The Balaban J connectivity index is 0. The minimum atomic E-state index is 0. The van der Waals surface area contributed by atoms with Crippen LogP contribution in [0.25, 0.3) is 0 Å². The van der Waals surface area contributed by atoms with E-state index in [-0.39, 0.29) is 68.6 Å². The molecule has 6 N–H and O–H groups in total. The smallest absolute Gasteiger partial charge is 0 e. The molecule has 0 bridgehead atoms. The zero-order valence-corrected chi connectivity index (χ0v) is 9.51. The van der Waals surface area contributed by atoms with Gasteiger partial charge in [-0.05, 0) is 0 Å². The molecule has 5 heavy (non-hydrogen) atoms. The van der Waals surface area contributed by atoms with Crippen molar-refractivity contribution in [2.45, 2.75) is 0 Å². The van der Waals surface area contributed by atoms with Gasteiger partial charge in [-0.25, -0.2) is 0 Å². The third-order valence-corrected chi connectivity index (χ3v) is 0. The van der Waals surface area contributed by atoms with Crippen LogP contribution >= 0.6 is 0 Å². The van der Waals surface area contributed by atoms with Crippen molar-refractivity contribution in [1.82, 2.24) is 0 Å². The summed E-state index contributed by atoms with van der Waals surface area (Å²) in [6.45, 7) is 0. The Morgan fingerprint density at radius 1 is 0.600 bits per heavy atom. The van der Waals surface area contributed by atoms with Gasteiger partial charge < -0.3 is 16.4 Å². The fraction of sp³-hybridized carbons (Fsp3) is 0. The van der Waals surface area contributed by atoms with Crippen LogP contribution in [-0.2, 0) is 21.1 Å². The van der Waals surface area contributed by atoms with Crippen LogP contribution in [0.15, 0.2) is 0 Å². The monoisotopic (exact) mass is 476 g/mol. The summed E-state index contributed by atoms with van der Waals surface area (Å²) in [6, 6.07) is 0. The van der Waals surface area contributed by atoms with E-state index in [1.807, 2.05) is 0 Å². The minimum absolute atomic E-state index is 0. The zero-order valence-electron chi connectivity index (χ0n) is 2.41. The summed E-state index contributed by atoms with van der Waals surface area (Å²) in [5, 5.41) is 0. The molecule has 0 spiro atoms. The number of rotatable bonds is 0. The third-order valence-electron chi connectivity index (χ3n) is 0. The van der Waals surface area contributed by atoms with Gasteiger partial charge in [0.05, 0.1) is 0 Å². The average Bonchev–Trinajstić information content (AvgIpc) is 0. The Hall–Kier alpha value is 1.62. The summed E-state index contributed by atoms with van der Waals surface area (Å²) < 4.78 is 0. The molecule has 0 aromatic rings. The minimum Gasteiger partial charge on any atom is -0.412 e. The van der Waals surface area contributed by atoms with Crippen molar-refractivity contribution < 1.29 is 68.6 Å². The predicted octanol–water partition coefficient (Wildman–Crippen LogP) is -2.48. The summed E-state index contributed by atoms with van der Waals surface area (Å²) in [5.74, 6) is 0. The molecule has 0 aliphatic carbocycles. The maximum Gasteiger partial charge on any atom is 0 e. The molecule has 5 heteroatoms. The molecule has 0 aliphatic rings. The first-order valence-corrected chi connectivity index (χ1v) is 0. The van der Waals surface area contributed by atoms with Crippen molar-refractivity contribution in [1.29, 1.82) is 0 Å². The van der Waals surface area contributed by atoms with Gasteiger partial charge in [-0.2, -0.15) is 0 Å². The molecule has 0 amide bonds. The molecule has 3 nitrogen and oxygen atoms in total. The van der Waals surface area contributed by atoms with E-state index in [9.17, 15) is 0 Å². The predicted molar refractivity (Wildman–Crippen MR) is 10.8 cm³/mol. The largest absolute Gasteiger partial charge is 0.412 e. The molecule has 0 unspecified atom stereocenters. The van der Waals surface area contributed by atoms with Crippen LogP contribution in [-0.4, -0.2) is 16.4 Å². The third kappa shape index (κ3) is 28.1. The maximum atomic E-state index is 0.